The van der Waals surface area contributed by atoms with Crippen molar-refractivity contribution in [2.24, 2.45) is 0 Å². The number of nitrogens with one attached hydrogen (secondary N) is 1. The number of hydrogen-bond donors (Lipinski definition) is 1. The van der Waals surface area contributed by atoms with Gasteiger partial charge in [-0.3, -0.25) is 4.79 Å². The van der Waals surface area contributed by atoms with Gasteiger partial charge in [-0.2, -0.15) is 5.26 Å². The molecule has 1 N–H and O–H groups in total. The van der Waals surface area contributed by atoms with E-state index in [0.717, 1.165) is 11.3 Å². The predicted molar refractivity (Wildman–Crippen MR) is 84.5 cm³/mol. The van der Waals surface area contributed by atoms with Gasteiger partial charge in [0.2, 0.25) is 0 Å². The smallest absolute Gasteiger partial charge is 0.275 e. The first-order valence-corrected chi connectivity index (χ1v) is 7.84. The topological polar surface area (TPSA) is 65.8 Å². The summed E-state index contributed by atoms with van der Waals surface area (Å²) in [5.74, 6) is -0.252. The highest BCUT2D eigenvalue weighted by atomic mass is 32.1. The third-order valence-electron chi connectivity index (χ3n) is 2.77. The van der Waals surface area contributed by atoms with E-state index < -0.39 is 0 Å². The molecule has 3 rings (SSSR count). The molecule has 0 spiro atoms. The van der Waals surface area contributed by atoms with Crippen LogP contribution in [0.15, 0.2) is 47.2 Å². The van der Waals surface area contributed by atoms with E-state index in [0.29, 0.717) is 15.6 Å². The van der Waals surface area contributed by atoms with Crippen molar-refractivity contribution in [1.29, 1.82) is 5.26 Å². The molecule has 0 saturated carbocycles. The Hall–Kier alpha value is -2.49. The van der Waals surface area contributed by atoms with E-state index in [1.807, 2.05) is 41.8 Å². The molecule has 1 amide bonds. The molecule has 3 aromatic rings. The average molecular weight is 311 g/mol. The quantitative estimate of drug-likeness (QED) is 0.795. The van der Waals surface area contributed by atoms with Crippen LogP contribution in [-0.2, 0) is 0 Å². The van der Waals surface area contributed by atoms with E-state index in [-0.39, 0.29) is 5.91 Å². The third-order valence-corrected chi connectivity index (χ3v) is 4.46. The minimum Gasteiger partial charge on any atom is -0.321 e. The molecule has 0 atom stereocenters. The fourth-order valence-corrected chi connectivity index (χ4v) is 3.36. The zero-order valence-electron chi connectivity index (χ0n) is 10.7. The zero-order valence-corrected chi connectivity index (χ0v) is 12.4. The number of aromatic nitrogens is 1. The molecular formula is C15H9N3OS2. The Kier molecular flexibility index (Phi) is 3.77. The van der Waals surface area contributed by atoms with Crippen LogP contribution in [0.2, 0.25) is 0 Å². The van der Waals surface area contributed by atoms with Gasteiger partial charge in [-0.05, 0) is 23.6 Å². The minimum absolute atomic E-state index is 0.252. The van der Waals surface area contributed by atoms with Crippen LogP contribution in [0.1, 0.15) is 15.4 Å². The van der Waals surface area contributed by atoms with Crippen LogP contribution in [0.4, 0.5) is 5.69 Å². The van der Waals surface area contributed by atoms with Crippen molar-refractivity contribution in [3.63, 3.8) is 0 Å². The van der Waals surface area contributed by atoms with Gasteiger partial charge in [-0.25, -0.2) is 4.98 Å². The van der Waals surface area contributed by atoms with Crippen molar-refractivity contribution in [3.8, 4) is 16.6 Å². The summed E-state index contributed by atoms with van der Waals surface area (Å²) < 4.78 is 0. The van der Waals surface area contributed by atoms with Gasteiger partial charge in [-0.15, -0.1) is 22.7 Å². The van der Waals surface area contributed by atoms with Crippen molar-refractivity contribution >= 4 is 34.3 Å². The van der Waals surface area contributed by atoms with E-state index in [1.54, 1.807) is 5.38 Å². The summed E-state index contributed by atoms with van der Waals surface area (Å²) in [6.45, 7) is 0. The molecule has 0 radical (unpaired) electrons. The maximum absolute atomic E-state index is 12.1. The Morgan fingerprint density at radius 2 is 2.00 bits per heavy atom. The Bertz CT molecular complexity index is 815. The number of rotatable bonds is 3. The van der Waals surface area contributed by atoms with Gasteiger partial charge in [0.15, 0.2) is 0 Å². The number of nitriles is 1. The van der Waals surface area contributed by atoms with Gasteiger partial charge in [-0.1, -0.05) is 18.2 Å². The minimum atomic E-state index is -0.252. The van der Waals surface area contributed by atoms with E-state index >= 15 is 0 Å². The summed E-state index contributed by atoms with van der Waals surface area (Å²) in [4.78, 5) is 17.1. The number of benzene rings is 1. The molecule has 0 saturated heterocycles. The standard InChI is InChI=1S/C15H9N3OS2/c16-8-13-11(6-7-20-13)15-18-12(9-21-15)14(19)17-10-4-2-1-3-5-10/h1-7,9H,(H,17,19). The lowest BCUT2D eigenvalue weighted by Gasteiger charge is -2.01. The van der Waals surface area contributed by atoms with Gasteiger partial charge >= 0.3 is 0 Å². The molecule has 0 fully saturated rings. The largest absolute Gasteiger partial charge is 0.321 e. The van der Waals surface area contributed by atoms with Gasteiger partial charge in [0, 0.05) is 16.6 Å². The van der Waals surface area contributed by atoms with Crippen molar-refractivity contribution in [2.45, 2.75) is 0 Å². The van der Waals surface area contributed by atoms with Crippen LogP contribution >= 0.6 is 22.7 Å². The summed E-state index contributed by atoms with van der Waals surface area (Å²) in [5, 5.41) is 16.1. The van der Waals surface area contributed by atoms with E-state index in [2.05, 4.69) is 16.4 Å². The van der Waals surface area contributed by atoms with Gasteiger partial charge in [0.1, 0.15) is 21.6 Å². The normalized spacial score (nSPS) is 10.0. The van der Waals surface area contributed by atoms with Crippen LogP contribution in [0, 0.1) is 11.3 Å². The number of hydrogen-bond acceptors (Lipinski definition) is 5. The number of para-hydroxylation sites is 1. The zero-order chi connectivity index (χ0) is 14.7. The van der Waals surface area contributed by atoms with Crippen LogP contribution in [0.25, 0.3) is 10.6 Å². The second kappa shape index (κ2) is 5.87. The highest BCUT2D eigenvalue weighted by Crippen LogP contribution is 2.30. The first-order valence-electron chi connectivity index (χ1n) is 6.08. The Labute approximate surface area is 129 Å². The summed E-state index contributed by atoms with van der Waals surface area (Å²) in [7, 11) is 0. The molecule has 2 heterocycles. The lowest BCUT2D eigenvalue weighted by Crippen LogP contribution is -2.12. The van der Waals surface area contributed by atoms with Crippen LogP contribution < -0.4 is 5.32 Å². The number of nitrogens with zero attached hydrogens (tertiary/aromatic N) is 2. The molecule has 0 aliphatic rings. The molecule has 2 aromatic heterocycles. The van der Waals surface area contributed by atoms with Crippen LogP contribution in [0.3, 0.4) is 0 Å². The molecule has 0 aliphatic heterocycles. The Morgan fingerprint density at radius 3 is 2.76 bits per heavy atom. The van der Waals surface area contributed by atoms with Crippen LogP contribution in [-0.4, -0.2) is 10.9 Å². The second-order valence-electron chi connectivity index (χ2n) is 4.13. The number of amides is 1. The Morgan fingerprint density at radius 1 is 1.19 bits per heavy atom. The second-order valence-corrected chi connectivity index (χ2v) is 5.91. The number of thiophene rings is 1. The first-order chi connectivity index (χ1) is 10.3. The molecule has 21 heavy (non-hydrogen) atoms. The molecule has 102 valence electrons. The first kappa shape index (κ1) is 13.5. The maximum atomic E-state index is 12.1. The fourth-order valence-electron chi connectivity index (χ4n) is 1.78. The monoisotopic (exact) mass is 311 g/mol. The van der Waals surface area contributed by atoms with Crippen LogP contribution in [0.5, 0.6) is 0 Å². The highest BCUT2D eigenvalue weighted by Gasteiger charge is 2.14. The molecule has 0 unspecified atom stereocenters. The molecular weight excluding hydrogens is 302 g/mol. The van der Waals surface area contributed by atoms with Gasteiger partial charge < -0.3 is 5.32 Å². The summed E-state index contributed by atoms with van der Waals surface area (Å²) in [5.41, 5.74) is 1.87. The summed E-state index contributed by atoms with van der Waals surface area (Å²) >= 11 is 2.73. The summed E-state index contributed by atoms with van der Waals surface area (Å²) in [6.07, 6.45) is 0. The number of carbonyl (C=O) groups is 1. The number of anilines is 1. The lowest BCUT2D eigenvalue weighted by molar-refractivity contribution is 0.102. The predicted octanol–water partition coefficient (Wildman–Crippen LogP) is 4.00. The SMILES string of the molecule is N#Cc1sccc1-c1nc(C(=O)Nc2ccccc2)cs1. The lowest BCUT2D eigenvalue weighted by atomic mass is 10.3. The van der Waals surface area contributed by atoms with E-state index in [1.165, 1.54) is 22.7 Å². The molecule has 4 nitrogen and oxygen atoms in total. The van der Waals surface area contributed by atoms with Crippen molar-refractivity contribution in [1.82, 2.24) is 4.98 Å². The number of carbonyl (C=O) groups excluding carboxylic acids is 1. The highest BCUT2D eigenvalue weighted by molar-refractivity contribution is 7.14. The van der Waals surface area contributed by atoms with Gasteiger partial charge in [0.05, 0.1) is 0 Å². The van der Waals surface area contributed by atoms with Crippen molar-refractivity contribution < 1.29 is 4.79 Å². The third kappa shape index (κ3) is 2.84. The Balaban J connectivity index is 1.82. The van der Waals surface area contributed by atoms with Gasteiger partial charge in [0.25, 0.3) is 5.91 Å². The number of thiazole rings is 1. The van der Waals surface area contributed by atoms with E-state index in [9.17, 15) is 4.79 Å². The fraction of sp³-hybridized carbons (Fsp3) is 0. The summed E-state index contributed by atoms with van der Waals surface area (Å²) in [6, 6.07) is 13.2. The maximum Gasteiger partial charge on any atom is 0.275 e. The molecule has 6 heteroatoms. The van der Waals surface area contributed by atoms with Crippen molar-refractivity contribution in [2.75, 3.05) is 5.32 Å². The molecule has 0 bridgehead atoms. The molecule has 1 aromatic carbocycles. The molecule has 0 aliphatic carbocycles. The van der Waals surface area contributed by atoms with E-state index in [4.69, 9.17) is 5.26 Å². The van der Waals surface area contributed by atoms with Crippen molar-refractivity contribution in [3.05, 3.63) is 57.7 Å². The average Bonchev–Trinajstić information content (AvgIpc) is 3.16.